The number of nitrogens with zero attached hydrogens (tertiary/aromatic N) is 4. The maximum absolute atomic E-state index is 12.8. The molecule has 1 aromatic carbocycles. The Bertz CT molecular complexity index is 1230. The van der Waals surface area contributed by atoms with Gasteiger partial charge < -0.3 is 10.3 Å². The van der Waals surface area contributed by atoms with Gasteiger partial charge in [-0.15, -0.1) is 0 Å². The monoisotopic (exact) mass is 444 g/mol. The number of nitriles is 1. The summed E-state index contributed by atoms with van der Waals surface area (Å²) < 4.78 is 7.00. The quantitative estimate of drug-likeness (QED) is 0.546. The molecule has 3 saturated carbocycles. The highest BCUT2D eigenvalue weighted by Gasteiger charge is 2.56. The molecule has 33 heavy (non-hydrogen) atoms. The highest BCUT2D eigenvalue weighted by Crippen LogP contribution is 2.65. The molecule has 0 saturated heterocycles. The molecule has 0 radical (unpaired) electrons. The largest absolute Gasteiger partial charge is 0.383 e. The first-order valence-corrected chi connectivity index (χ1v) is 11.4. The number of amides is 1. The van der Waals surface area contributed by atoms with Crippen molar-refractivity contribution in [1.82, 2.24) is 14.9 Å². The smallest absolute Gasteiger partial charge is 0.234 e. The molecule has 3 aromatic rings. The molecule has 0 aliphatic heterocycles. The summed E-state index contributed by atoms with van der Waals surface area (Å²) in [5.74, 6) is 1.12. The van der Waals surface area contributed by atoms with Gasteiger partial charge in [-0.05, 0) is 63.4 Å². The lowest BCUT2D eigenvalue weighted by Gasteiger charge is -2.62. The minimum atomic E-state index is -0.390. The Morgan fingerprint density at radius 1 is 1.30 bits per heavy atom. The van der Waals surface area contributed by atoms with Crippen LogP contribution in [0.25, 0.3) is 11.3 Å². The van der Waals surface area contributed by atoms with E-state index in [4.69, 9.17) is 10.3 Å². The predicted octanol–water partition coefficient (Wildman–Crippen LogP) is 4.66. The first kappa shape index (κ1) is 21.3. The van der Waals surface area contributed by atoms with Gasteiger partial charge in [-0.2, -0.15) is 10.4 Å². The average molecular weight is 445 g/mol. The van der Waals surface area contributed by atoms with E-state index in [-0.39, 0.29) is 17.9 Å². The average Bonchev–Trinajstić information content (AvgIpc) is 3.32. The summed E-state index contributed by atoms with van der Waals surface area (Å²) in [5, 5.41) is 21.1. The fraction of sp³-hybridized carbons (Fsp3) is 0.440. The molecule has 2 bridgehead atoms. The third kappa shape index (κ3) is 3.67. The topological polar surface area (TPSA) is 123 Å². The lowest BCUT2D eigenvalue weighted by Crippen LogP contribution is -2.52. The van der Waals surface area contributed by atoms with E-state index in [1.54, 1.807) is 4.68 Å². The second kappa shape index (κ2) is 7.77. The summed E-state index contributed by atoms with van der Waals surface area (Å²) in [7, 11) is 0. The van der Waals surface area contributed by atoms with Crippen LogP contribution in [-0.4, -0.2) is 20.8 Å². The third-order valence-electron chi connectivity index (χ3n) is 7.15. The van der Waals surface area contributed by atoms with E-state index in [0.29, 0.717) is 28.4 Å². The molecular weight excluding hydrogens is 416 g/mol. The van der Waals surface area contributed by atoms with E-state index in [1.165, 1.54) is 19.3 Å². The zero-order chi connectivity index (χ0) is 23.3. The maximum atomic E-state index is 12.8. The summed E-state index contributed by atoms with van der Waals surface area (Å²) in [5.41, 5.74) is 10.00. The first-order chi connectivity index (χ1) is 15.8. The molecule has 6 rings (SSSR count). The van der Waals surface area contributed by atoms with Crippen molar-refractivity contribution in [2.75, 3.05) is 11.1 Å². The normalized spacial score (nSPS) is 21.7. The number of anilines is 2. The molecule has 0 spiro atoms. The Labute approximate surface area is 192 Å². The summed E-state index contributed by atoms with van der Waals surface area (Å²) in [6, 6.07) is 11.5. The van der Waals surface area contributed by atoms with Crippen molar-refractivity contribution in [1.29, 1.82) is 5.26 Å². The van der Waals surface area contributed by atoms with E-state index in [2.05, 4.69) is 21.6 Å². The van der Waals surface area contributed by atoms with E-state index >= 15 is 0 Å². The van der Waals surface area contributed by atoms with Crippen molar-refractivity contribution < 1.29 is 9.32 Å². The summed E-state index contributed by atoms with van der Waals surface area (Å²) in [6.07, 6.45) is 4.83. The van der Waals surface area contributed by atoms with Crippen LogP contribution in [-0.2, 0) is 11.2 Å². The Hall–Kier alpha value is -3.60. The number of aromatic nitrogens is 3. The van der Waals surface area contributed by atoms with Crippen molar-refractivity contribution in [3.8, 4) is 17.3 Å². The summed E-state index contributed by atoms with van der Waals surface area (Å²) in [4.78, 5) is 12.8. The molecule has 2 heterocycles. The van der Waals surface area contributed by atoms with Gasteiger partial charge in [0.2, 0.25) is 11.8 Å². The van der Waals surface area contributed by atoms with Crippen LogP contribution in [0.15, 0.2) is 34.9 Å². The van der Waals surface area contributed by atoms with Crippen LogP contribution in [0.1, 0.15) is 68.8 Å². The van der Waals surface area contributed by atoms with Crippen LogP contribution in [0.5, 0.6) is 0 Å². The Morgan fingerprint density at radius 3 is 2.58 bits per heavy atom. The summed E-state index contributed by atoms with van der Waals surface area (Å²) >= 11 is 0. The van der Waals surface area contributed by atoms with E-state index in [9.17, 15) is 10.1 Å². The number of carbonyl (C=O) groups excluding carboxylic acids is 1. The molecule has 3 aliphatic carbocycles. The Morgan fingerprint density at radius 2 is 2.00 bits per heavy atom. The van der Waals surface area contributed by atoms with Crippen molar-refractivity contribution in [3.05, 3.63) is 47.2 Å². The van der Waals surface area contributed by atoms with Crippen LogP contribution in [0, 0.1) is 22.7 Å². The molecule has 1 unspecified atom stereocenters. The standard InChI is InChI=1S/C25H28N6O2/c1-14(2)31-23(27)20(13-26)22(29-31)18-6-4-17(5-7-18)15(3)24(32)28-21-8-19(30-33-21)12-25-9-16(10-25)11-25/h4-8,14-16H,9-12,27H2,1-3H3,(H,28,32). The van der Waals surface area contributed by atoms with Gasteiger partial charge in [0.05, 0.1) is 11.6 Å². The molecule has 3 aliphatic rings. The third-order valence-corrected chi connectivity index (χ3v) is 7.15. The van der Waals surface area contributed by atoms with Gasteiger partial charge >= 0.3 is 0 Å². The fourth-order valence-corrected chi connectivity index (χ4v) is 5.18. The number of hydrogen-bond donors (Lipinski definition) is 2. The molecule has 3 N–H and O–H groups in total. The maximum Gasteiger partial charge on any atom is 0.234 e. The van der Waals surface area contributed by atoms with E-state index < -0.39 is 0 Å². The van der Waals surface area contributed by atoms with Crippen molar-refractivity contribution in [2.24, 2.45) is 11.3 Å². The van der Waals surface area contributed by atoms with Crippen LogP contribution in [0.4, 0.5) is 11.7 Å². The Kier molecular flexibility index (Phi) is 5.00. The molecule has 2 aromatic heterocycles. The van der Waals surface area contributed by atoms with Gasteiger partial charge in [-0.25, -0.2) is 4.68 Å². The number of nitrogen functional groups attached to an aromatic ring is 1. The SMILES string of the molecule is CC(C(=O)Nc1cc(CC23CC(C2)C3)no1)c1ccc(-c2nn(C(C)C)c(N)c2C#N)cc1. The van der Waals surface area contributed by atoms with Crippen molar-refractivity contribution in [3.63, 3.8) is 0 Å². The Balaban J connectivity index is 1.26. The molecule has 8 heteroatoms. The lowest BCUT2D eigenvalue weighted by molar-refractivity contribution is -0.117. The van der Waals surface area contributed by atoms with Gasteiger partial charge in [0.25, 0.3) is 0 Å². The minimum absolute atomic E-state index is 0.0458. The number of rotatable bonds is 7. The van der Waals surface area contributed by atoms with E-state index in [0.717, 1.165) is 29.2 Å². The van der Waals surface area contributed by atoms with Crippen LogP contribution < -0.4 is 11.1 Å². The van der Waals surface area contributed by atoms with Crippen molar-refractivity contribution in [2.45, 2.75) is 58.4 Å². The molecule has 1 atom stereocenters. The number of benzene rings is 1. The predicted molar refractivity (Wildman–Crippen MR) is 124 cm³/mol. The molecule has 8 nitrogen and oxygen atoms in total. The molecule has 3 fully saturated rings. The van der Waals surface area contributed by atoms with Crippen molar-refractivity contribution >= 4 is 17.6 Å². The number of hydrogen-bond acceptors (Lipinski definition) is 6. The number of nitrogens with two attached hydrogens (primary N) is 1. The van der Waals surface area contributed by atoms with Gasteiger partial charge in [-0.1, -0.05) is 29.4 Å². The molecule has 1 amide bonds. The zero-order valence-corrected chi connectivity index (χ0v) is 19.1. The number of carbonyl (C=O) groups is 1. The van der Waals surface area contributed by atoms with Crippen LogP contribution in [0.2, 0.25) is 0 Å². The second-order valence-corrected chi connectivity index (χ2v) is 9.93. The first-order valence-electron chi connectivity index (χ1n) is 11.4. The van der Waals surface area contributed by atoms with Crippen LogP contribution >= 0.6 is 0 Å². The number of nitrogens with one attached hydrogen (secondary N) is 1. The van der Waals surface area contributed by atoms with Crippen LogP contribution in [0.3, 0.4) is 0 Å². The molecular formula is C25H28N6O2. The fourth-order valence-electron chi connectivity index (χ4n) is 5.18. The van der Waals surface area contributed by atoms with Gasteiger partial charge in [0.15, 0.2) is 0 Å². The minimum Gasteiger partial charge on any atom is -0.383 e. The van der Waals surface area contributed by atoms with Gasteiger partial charge in [-0.3, -0.25) is 10.1 Å². The molecule has 170 valence electrons. The highest BCUT2D eigenvalue weighted by atomic mass is 16.5. The van der Waals surface area contributed by atoms with E-state index in [1.807, 2.05) is 51.1 Å². The second-order valence-electron chi connectivity index (χ2n) is 9.93. The lowest BCUT2D eigenvalue weighted by atomic mass is 9.43. The summed E-state index contributed by atoms with van der Waals surface area (Å²) in [6.45, 7) is 5.77. The van der Waals surface area contributed by atoms with Gasteiger partial charge in [0.1, 0.15) is 23.1 Å². The zero-order valence-electron chi connectivity index (χ0n) is 19.1. The van der Waals surface area contributed by atoms with Gasteiger partial charge in [0, 0.05) is 17.7 Å². The highest BCUT2D eigenvalue weighted by molar-refractivity contribution is 5.94.